The van der Waals surface area contributed by atoms with Crippen molar-refractivity contribution in [2.45, 2.75) is 45.8 Å². The van der Waals surface area contributed by atoms with Crippen LogP contribution in [0.5, 0.6) is 0 Å². The quantitative estimate of drug-likeness (QED) is 0.592. The zero-order valence-corrected chi connectivity index (χ0v) is 11.6. The third kappa shape index (κ3) is 2.00. The van der Waals surface area contributed by atoms with Gasteiger partial charge in [-0.3, -0.25) is 4.79 Å². The summed E-state index contributed by atoms with van der Waals surface area (Å²) in [4.78, 5) is 11.0. The van der Waals surface area contributed by atoms with Crippen LogP contribution in [-0.4, -0.2) is 24.6 Å². The van der Waals surface area contributed by atoms with Gasteiger partial charge in [-0.1, -0.05) is 18.2 Å². The predicted molar refractivity (Wildman–Crippen MR) is 72.3 cm³/mol. The van der Waals surface area contributed by atoms with Gasteiger partial charge in [-0.2, -0.15) is 0 Å². The standard InChI is InChI=1S/C14H19BO3/c1-10-11(9-16)7-6-8-12(10)15-17-13(2,3)14(4,5)18-15/h6-9H,1-5H3. The van der Waals surface area contributed by atoms with Gasteiger partial charge in [0.1, 0.15) is 6.29 Å². The van der Waals surface area contributed by atoms with Gasteiger partial charge < -0.3 is 9.31 Å². The Morgan fingerprint density at radius 3 is 2.17 bits per heavy atom. The molecule has 0 saturated carbocycles. The number of aldehydes is 1. The maximum atomic E-state index is 11.0. The number of hydrogen-bond acceptors (Lipinski definition) is 3. The Labute approximate surface area is 109 Å². The van der Waals surface area contributed by atoms with Gasteiger partial charge in [0.15, 0.2) is 0 Å². The van der Waals surface area contributed by atoms with Crippen LogP contribution < -0.4 is 5.46 Å². The summed E-state index contributed by atoms with van der Waals surface area (Å²) >= 11 is 0. The van der Waals surface area contributed by atoms with Crippen molar-refractivity contribution in [1.82, 2.24) is 0 Å². The third-order valence-electron chi connectivity index (χ3n) is 4.05. The Kier molecular flexibility index (Phi) is 3.12. The summed E-state index contributed by atoms with van der Waals surface area (Å²) in [6.45, 7) is 10.00. The fraction of sp³-hybridized carbons (Fsp3) is 0.500. The molecule has 0 amide bonds. The van der Waals surface area contributed by atoms with Crippen molar-refractivity contribution < 1.29 is 14.1 Å². The normalized spacial score (nSPS) is 21.1. The van der Waals surface area contributed by atoms with E-state index in [0.717, 1.165) is 17.3 Å². The minimum Gasteiger partial charge on any atom is -0.399 e. The van der Waals surface area contributed by atoms with Crippen LogP contribution in [0, 0.1) is 6.92 Å². The van der Waals surface area contributed by atoms with E-state index < -0.39 is 7.12 Å². The lowest BCUT2D eigenvalue weighted by Crippen LogP contribution is -2.41. The molecule has 0 radical (unpaired) electrons. The van der Waals surface area contributed by atoms with E-state index in [0.29, 0.717) is 5.56 Å². The Bertz CT molecular complexity index is 464. The first kappa shape index (κ1) is 13.3. The third-order valence-corrected chi connectivity index (χ3v) is 4.05. The monoisotopic (exact) mass is 246 g/mol. The largest absolute Gasteiger partial charge is 0.495 e. The second-order valence-electron chi connectivity index (χ2n) is 5.77. The van der Waals surface area contributed by atoms with Gasteiger partial charge in [0.2, 0.25) is 0 Å². The summed E-state index contributed by atoms with van der Waals surface area (Å²) in [5.74, 6) is 0. The molecule has 2 rings (SSSR count). The predicted octanol–water partition coefficient (Wildman–Crippen LogP) is 2.11. The zero-order valence-electron chi connectivity index (χ0n) is 11.6. The van der Waals surface area contributed by atoms with Crippen LogP contribution in [0.3, 0.4) is 0 Å². The van der Waals surface area contributed by atoms with Gasteiger partial charge >= 0.3 is 7.12 Å². The van der Waals surface area contributed by atoms with Crippen molar-refractivity contribution in [1.29, 1.82) is 0 Å². The molecule has 0 spiro atoms. The molecule has 0 unspecified atom stereocenters. The Morgan fingerprint density at radius 1 is 1.11 bits per heavy atom. The van der Waals surface area contributed by atoms with Crippen LogP contribution in [0.1, 0.15) is 43.6 Å². The van der Waals surface area contributed by atoms with E-state index in [4.69, 9.17) is 9.31 Å². The first-order valence-corrected chi connectivity index (χ1v) is 6.19. The summed E-state index contributed by atoms with van der Waals surface area (Å²) in [5, 5.41) is 0. The molecule has 0 bridgehead atoms. The molecule has 1 saturated heterocycles. The molecule has 1 aromatic carbocycles. The van der Waals surface area contributed by atoms with Gasteiger partial charge in [0.25, 0.3) is 0 Å². The molecule has 0 atom stereocenters. The van der Waals surface area contributed by atoms with Crippen LogP contribution in [0.25, 0.3) is 0 Å². The lowest BCUT2D eigenvalue weighted by atomic mass is 9.75. The van der Waals surface area contributed by atoms with Crippen LogP contribution in [0.2, 0.25) is 0 Å². The summed E-state index contributed by atoms with van der Waals surface area (Å²) in [7, 11) is -0.408. The highest BCUT2D eigenvalue weighted by Crippen LogP contribution is 2.36. The molecule has 0 aromatic heterocycles. The van der Waals surface area contributed by atoms with Gasteiger partial charge in [0, 0.05) is 5.56 Å². The fourth-order valence-corrected chi connectivity index (χ4v) is 2.03. The van der Waals surface area contributed by atoms with Gasteiger partial charge in [-0.05, 0) is 45.6 Å². The van der Waals surface area contributed by atoms with Crippen molar-refractivity contribution in [2.24, 2.45) is 0 Å². The van der Waals surface area contributed by atoms with Crippen LogP contribution in [0.15, 0.2) is 18.2 Å². The number of rotatable bonds is 2. The highest BCUT2D eigenvalue weighted by molar-refractivity contribution is 6.62. The number of hydrogen-bond donors (Lipinski definition) is 0. The summed E-state index contributed by atoms with van der Waals surface area (Å²) in [6.07, 6.45) is 0.865. The average Bonchev–Trinajstić information content (AvgIpc) is 2.48. The highest BCUT2D eigenvalue weighted by Gasteiger charge is 2.52. The first-order valence-electron chi connectivity index (χ1n) is 6.19. The molecule has 3 nitrogen and oxygen atoms in total. The number of benzene rings is 1. The lowest BCUT2D eigenvalue weighted by molar-refractivity contribution is 0.00578. The van der Waals surface area contributed by atoms with Gasteiger partial charge in [-0.15, -0.1) is 0 Å². The minimum absolute atomic E-state index is 0.360. The molecule has 1 aliphatic rings. The number of carbonyl (C=O) groups excluding carboxylic acids is 1. The van der Waals surface area contributed by atoms with Crippen LogP contribution in [0.4, 0.5) is 0 Å². The molecule has 4 heteroatoms. The van der Waals surface area contributed by atoms with E-state index in [-0.39, 0.29) is 11.2 Å². The molecule has 96 valence electrons. The Morgan fingerprint density at radius 2 is 1.67 bits per heavy atom. The van der Waals surface area contributed by atoms with Crippen LogP contribution >= 0.6 is 0 Å². The molecular formula is C14H19BO3. The zero-order chi connectivity index (χ0) is 13.6. The SMILES string of the molecule is Cc1c(C=O)cccc1B1OC(C)(C)C(C)(C)O1. The average molecular weight is 246 g/mol. The topological polar surface area (TPSA) is 35.5 Å². The summed E-state index contributed by atoms with van der Waals surface area (Å²) in [6, 6.07) is 5.61. The highest BCUT2D eigenvalue weighted by atomic mass is 16.7. The second-order valence-corrected chi connectivity index (χ2v) is 5.77. The van der Waals surface area contributed by atoms with E-state index in [2.05, 4.69) is 0 Å². The molecule has 1 fully saturated rings. The Hall–Kier alpha value is -1.13. The van der Waals surface area contributed by atoms with Gasteiger partial charge in [-0.25, -0.2) is 0 Å². The van der Waals surface area contributed by atoms with E-state index in [1.807, 2.05) is 46.8 Å². The summed E-state index contributed by atoms with van der Waals surface area (Å²) < 4.78 is 12.0. The molecular weight excluding hydrogens is 227 g/mol. The van der Waals surface area contributed by atoms with E-state index >= 15 is 0 Å². The van der Waals surface area contributed by atoms with Crippen molar-refractivity contribution in [3.05, 3.63) is 29.3 Å². The maximum Gasteiger partial charge on any atom is 0.495 e. The van der Waals surface area contributed by atoms with Crippen molar-refractivity contribution in [3.8, 4) is 0 Å². The van der Waals surface area contributed by atoms with Gasteiger partial charge in [0.05, 0.1) is 11.2 Å². The van der Waals surface area contributed by atoms with Crippen LogP contribution in [-0.2, 0) is 9.31 Å². The fourth-order valence-electron chi connectivity index (χ4n) is 2.03. The van der Waals surface area contributed by atoms with E-state index in [1.54, 1.807) is 6.07 Å². The molecule has 1 aromatic rings. The smallest absolute Gasteiger partial charge is 0.399 e. The second kappa shape index (κ2) is 4.21. The molecule has 0 aliphatic carbocycles. The molecule has 0 N–H and O–H groups in total. The molecule has 1 aliphatic heterocycles. The van der Waals surface area contributed by atoms with Crippen molar-refractivity contribution in [3.63, 3.8) is 0 Å². The summed E-state index contributed by atoms with van der Waals surface area (Å²) in [5.41, 5.74) is 1.81. The number of carbonyl (C=O) groups is 1. The Balaban J connectivity index is 2.38. The van der Waals surface area contributed by atoms with Crippen molar-refractivity contribution in [2.75, 3.05) is 0 Å². The van der Waals surface area contributed by atoms with Crippen molar-refractivity contribution >= 4 is 18.9 Å². The first-order chi connectivity index (χ1) is 8.28. The van der Waals surface area contributed by atoms with E-state index in [9.17, 15) is 4.79 Å². The van der Waals surface area contributed by atoms with E-state index in [1.165, 1.54) is 0 Å². The molecule has 18 heavy (non-hydrogen) atoms. The minimum atomic E-state index is -0.408. The molecule has 1 heterocycles. The maximum absolute atomic E-state index is 11.0. The lowest BCUT2D eigenvalue weighted by Gasteiger charge is -2.32.